The first kappa shape index (κ1) is 10.5. The standard InChI is InChI=1S/C9H8N2O2S/c1-13-9(12)6-14-8-3-2-7(4-10)11-5-8/h2-3,5H,6H2,1H3. The van der Waals surface area contributed by atoms with E-state index >= 15 is 0 Å². The van der Waals surface area contributed by atoms with E-state index in [9.17, 15) is 4.79 Å². The van der Waals surface area contributed by atoms with Gasteiger partial charge in [0.05, 0.1) is 12.9 Å². The van der Waals surface area contributed by atoms with Gasteiger partial charge >= 0.3 is 5.97 Å². The summed E-state index contributed by atoms with van der Waals surface area (Å²) in [5, 5.41) is 8.49. The van der Waals surface area contributed by atoms with Gasteiger partial charge in [0.2, 0.25) is 0 Å². The number of pyridine rings is 1. The lowest BCUT2D eigenvalue weighted by molar-refractivity contribution is -0.137. The molecule has 0 fully saturated rings. The largest absolute Gasteiger partial charge is 0.468 e. The molecule has 0 aliphatic heterocycles. The molecule has 0 amide bonds. The van der Waals surface area contributed by atoms with Gasteiger partial charge in [0, 0.05) is 11.1 Å². The second-order valence-corrected chi connectivity index (χ2v) is 3.40. The first-order chi connectivity index (χ1) is 6.76. The monoisotopic (exact) mass is 208 g/mol. The number of hydrogen-bond donors (Lipinski definition) is 0. The number of ether oxygens (including phenoxy) is 1. The molecule has 5 heteroatoms. The predicted octanol–water partition coefficient (Wildman–Crippen LogP) is 1.22. The fourth-order valence-electron chi connectivity index (χ4n) is 0.733. The molecule has 0 atom stereocenters. The Kier molecular flexibility index (Phi) is 3.95. The highest BCUT2D eigenvalue weighted by molar-refractivity contribution is 8.00. The van der Waals surface area contributed by atoms with Gasteiger partial charge in [0.25, 0.3) is 0 Å². The van der Waals surface area contributed by atoms with E-state index in [1.54, 1.807) is 18.3 Å². The fourth-order valence-corrected chi connectivity index (χ4v) is 1.43. The Balaban J connectivity index is 2.53. The lowest BCUT2D eigenvalue weighted by atomic mass is 10.4. The van der Waals surface area contributed by atoms with Gasteiger partial charge in [-0.1, -0.05) is 0 Å². The summed E-state index contributed by atoms with van der Waals surface area (Å²) in [6, 6.07) is 5.28. The molecule has 0 saturated carbocycles. The summed E-state index contributed by atoms with van der Waals surface area (Å²) in [6.45, 7) is 0. The molecule has 0 aromatic carbocycles. The quantitative estimate of drug-likeness (QED) is 0.552. The molecule has 0 bridgehead atoms. The Bertz CT molecular complexity index is 356. The highest BCUT2D eigenvalue weighted by Gasteiger charge is 2.02. The summed E-state index contributed by atoms with van der Waals surface area (Å²) in [5.41, 5.74) is 0.368. The van der Waals surface area contributed by atoms with Gasteiger partial charge in [-0.2, -0.15) is 5.26 Å². The van der Waals surface area contributed by atoms with Gasteiger partial charge in [-0.15, -0.1) is 11.8 Å². The molecule has 1 aromatic heterocycles. The molecule has 0 N–H and O–H groups in total. The topological polar surface area (TPSA) is 63.0 Å². The number of carbonyl (C=O) groups excluding carboxylic acids is 1. The van der Waals surface area contributed by atoms with E-state index in [0.29, 0.717) is 5.69 Å². The maximum atomic E-state index is 10.8. The molecule has 1 heterocycles. The lowest BCUT2D eigenvalue weighted by Gasteiger charge is -1.99. The first-order valence-corrected chi connectivity index (χ1v) is 4.80. The Morgan fingerprint density at radius 1 is 1.71 bits per heavy atom. The Morgan fingerprint density at radius 3 is 3.00 bits per heavy atom. The van der Waals surface area contributed by atoms with Crippen LogP contribution >= 0.6 is 11.8 Å². The maximum Gasteiger partial charge on any atom is 0.315 e. The molecule has 4 nitrogen and oxygen atoms in total. The summed E-state index contributed by atoms with van der Waals surface area (Å²) in [4.78, 5) is 15.5. The van der Waals surface area contributed by atoms with Crippen molar-refractivity contribution in [2.24, 2.45) is 0 Å². The van der Waals surface area contributed by atoms with Crippen molar-refractivity contribution in [3.8, 4) is 6.07 Å². The zero-order valence-corrected chi connectivity index (χ0v) is 8.37. The Morgan fingerprint density at radius 2 is 2.50 bits per heavy atom. The van der Waals surface area contributed by atoms with Gasteiger partial charge in [-0.25, -0.2) is 4.98 Å². The van der Waals surface area contributed by atoms with Crippen molar-refractivity contribution >= 4 is 17.7 Å². The molecule has 72 valence electrons. The third-order valence-corrected chi connectivity index (χ3v) is 2.39. The van der Waals surface area contributed by atoms with E-state index < -0.39 is 0 Å². The van der Waals surface area contributed by atoms with Gasteiger partial charge in [-0.05, 0) is 12.1 Å². The third kappa shape index (κ3) is 3.07. The van der Waals surface area contributed by atoms with Crippen LogP contribution in [0.15, 0.2) is 23.2 Å². The molecular weight excluding hydrogens is 200 g/mol. The smallest absolute Gasteiger partial charge is 0.315 e. The zero-order valence-electron chi connectivity index (χ0n) is 7.56. The van der Waals surface area contributed by atoms with E-state index in [1.165, 1.54) is 18.9 Å². The van der Waals surface area contributed by atoms with Crippen molar-refractivity contribution in [2.75, 3.05) is 12.9 Å². The highest BCUT2D eigenvalue weighted by atomic mass is 32.2. The zero-order chi connectivity index (χ0) is 10.4. The lowest BCUT2D eigenvalue weighted by Crippen LogP contribution is -2.02. The first-order valence-electron chi connectivity index (χ1n) is 3.82. The van der Waals surface area contributed by atoms with Crippen molar-refractivity contribution in [1.82, 2.24) is 4.98 Å². The fraction of sp³-hybridized carbons (Fsp3) is 0.222. The van der Waals surface area contributed by atoms with Crippen molar-refractivity contribution < 1.29 is 9.53 Å². The minimum Gasteiger partial charge on any atom is -0.468 e. The van der Waals surface area contributed by atoms with E-state index in [2.05, 4.69) is 9.72 Å². The van der Waals surface area contributed by atoms with Crippen LogP contribution in [0.3, 0.4) is 0 Å². The summed E-state index contributed by atoms with van der Waals surface area (Å²) in [7, 11) is 1.35. The highest BCUT2D eigenvalue weighted by Crippen LogP contribution is 2.16. The van der Waals surface area contributed by atoms with Crippen molar-refractivity contribution in [3.05, 3.63) is 24.0 Å². The number of hydrogen-bond acceptors (Lipinski definition) is 5. The molecule has 0 aliphatic rings. The average Bonchev–Trinajstić information content (AvgIpc) is 2.26. The number of methoxy groups -OCH3 is 1. The van der Waals surface area contributed by atoms with Crippen molar-refractivity contribution in [3.63, 3.8) is 0 Å². The van der Waals surface area contributed by atoms with Crippen LogP contribution in [-0.2, 0) is 9.53 Å². The van der Waals surface area contributed by atoms with Crippen LogP contribution in [0.2, 0.25) is 0 Å². The number of nitrogens with zero attached hydrogens (tertiary/aromatic N) is 2. The predicted molar refractivity (Wildman–Crippen MR) is 51.7 cm³/mol. The van der Waals surface area contributed by atoms with Crippen molar-refractivity contribution in [2.45, 2.75) is 4.90 Å². The summed E-state index contributed by atoms with van der Waals surface area (Å²) < 4.78 is 4.48. The van der Waals surface area contributed by atoms with Crippen LogP contribution in [-0.4, -0.2) is 23.8 Å². The number of rotatable bonds is 3. The number of nitriles is 1. The molecule has 0 spiro atoms. The average molecular weight is 208 g/mol. The normalized spacial score (nSPS) is 9.14. The van der Waals surface area contributed by atoms with E-state index in [0.717, 1.165) is 4.90 Å². The number of carbonyl (C=O) groups is 1. The van der Waals surface area contributed by atoms with Crippen molar-refractivity contribution in [1.29, 1.82) is 5.26 Å². The molecule has 0 saturated heterocycles. The van der Waals surface area contributed by atoms with Crippen LogP contribution in [0.25, 0.3) is 0 Å². The summed E-state index contributed by atoms with van der Waals surface area (Å²) in [6.07, 6.45) is 1.56. The molecular formula is C9H8N2O2S. The Hall–Kier alpha value is -1.54. The minimum atomic E-state index is -0.278. The molecule has 1 aromatic rings. The molecule has 14 heavy (non-hydrogen) atoms. The third-order valence-electron chi connectivity index (χ3n) is 1.44. The second-order valence-electron chi connectivity index (χ2n) is 2.36. The van der Waals surface area contributed by atoms with Crippen LogP contribution in [0, 0.1) is 11.3 Å². The van der Waals surface area contributed by atoms with Gasteiger partial charge in [-0.3, -0.25) is 4.79 Å². The second kappa shape index (κ2) is 5.25. The summed E-state index contributed by atoms with van der Waals surface area (Å²) >= 11 is 1.33. The molecule has 0 unspecified atom stereocenters. The van der Waals surface area contributed by atoms with Gasteiger partial charge in [0.15, 0.2) is 0 Å². The Labute approximate surface area is 85.9 Å². The van der Waals surface area contributed by atoms with Crippen LogP contribution in [0.1, 0.15) is 5.69 Å². The minimum absolute atomic E-state index is 0.254. The van der Waals surface area contributed by atoms with Crippen LogP contribution in [0.5, 0.6) is 0 Å². The van der Waals surface area contributed by atoms with Gasteiger partial charge < -0.3 is 4.74 Å². The molecule has 0 aliphatic carbocycles. The van der Waals surface area contributed by atoms with Gasteiger partial charge in [0.1, 0.15) is 11.8 Å². The number of aromatic nitrogens is 1. The number of esters is 1. The maximum absolute atomic E-state index is 10.8. The molecule has 1 rings (SSSR count). The SMILES string of the molecule is COC(=O)CSc1ccc(C#N)nc1. The molecule has 0 radical (unpaired) electrons. The van der Waals surface area contributed by atoms with E-state index in [1.807, 2.05) is 6.07 Å². The number of thioether (sulfide) groups is 1. The van der Waals surface area contributed by atoms with Crippen LogP contribution in [0.4, 0.5) is 0 Å². The van der Waals surface area contributed by atoms with Crippen LogP contribution < -0.4 is 0 Å². The van der Waals surface area contributed by atoms with E-state index in [4.69, 9.17) is 5.26 Å². The van der Waals surface area contributed by atoms with E-state index in [-0.39, 0.29) is 11.7 Å². The summed E-state index contributed by atoms with van der Waals surface area (Å²) in [5.74, 6) is -0.0243.